The highest BCUT2D eigenvalue weighted by Crippen LogP contribution is 2.27. The van der Waals surface area contributed by atoms with Gasteiger partial charge in [0.15, 0.2) is 0 Å². The van der Waals surface area contributed by atoms with Gasteiger partial charge in [0.25, 0.3) is 0 Å². The van der Waals surface area contributed by atoms with Crippen molar-refractivity contribution >= 4 is 12.0 Å². The number of amides is 2. The Morgan fingerprint density at radius 3 is 2.39 bits per heavy atom. The first-order valence-electron chi connectivity index (χ1n) is 6.78. The fraction of sp³-hybridized carbons (Fsp3) is 0.846. The number of nitrogens with one attached hydrogen (secondary N) is 2. The van der Waals surface area contributed by atoms with Crippen LogP contribution in [0.5, 0.6) is 0 Å². The molecule has 2 amide bonds. The molecule has 0 aromatic carbocycles. The van der Waals surface area contributed by atoms with Crippen molar-refractivity contribution in [3.05, 3.63) is 0 Å². The fourth-order valence-corrected chi connectivity index (χ4v) is 2.47. The number of aliphatic carboxylic acids is 1. The third-order valence-corrected chi connectivity index (χ3v) is 3.55. The van der Waals surface area contributed by atoms with Crippen LogP contribution in [-0.2, 0) is 4.79 Å². The predicted octanol–water partition coefficient (Wildman–Crippen LogP) is 2.26. The lowest BCUT2D eigenvalue weighted by atomic mass is 9.83. The molecule has 1 aliphatic carbocycles. The number of urea groups is 1. The van der Waals surface area contributed by atoms with Crippen LogP contribution in [0.3, 0.4) is 0 Å². The number of hydrogen-bond acceptors (Lipinski definition) is 2. The summed E-state index contributed by atoms with van der Waals surface area (Å²) >= 11 is 0. The van der Waals surface area contributed by atoms with Gasteiger partial charge in [0.05, 0.1) is 0 Å². The highest BCUT2D eigenvalue weighted by atomic mass is 16.4. The van der Waals surface area contributed by atoms with Crippen LogP contribution in [0.2, 0.25) is 0 Å². The van der Waals surface area contributed by atoms with Crippen molar-refractivity contribution in [2.45, 2.75) is 70.4 Å². The average Bonchev–Trinajstić information content (AvgIpc) is 2.28. The molecule has 0 saturated heterocycles. The van der Waals surface area contributed by atoms with E-state index in [1.165, 1.54) is 6.42 Å². The first-order valence-corrected chi connectivity index (χ1v) is 6.78. The summed E-state index contributed by atoms with van der Waals surface area (Å²) < 4.78 is 0. The molecule has 104 valence electrons. The van der Waals surface area contributed by atoms with E-state index < -0.39 is 12.0 Å². The molecule has 1 unspecified atom stereocenters. The van der Waals surface area contributed by atoms with Crippen molar-refractivity contribution in [1.29, 1.82) is 0 Å². The van der Waals surface area contributed by atoms with Gasteiger partial charge < -0.3 is 15.7 Å². The van der Waals surface area contributed by atoms with Crippen molar-refractivity contribution in [3.8, 4) is 0 Å². The minimum absolute atomic E-state index is 0.183. The lowest BCUT2D eigenvalue weighted by Crippen LogP contribution is -2.54. The second-order valence-electron chi connectivity index (χ2n) is 5.40. The highest BCUT2D eigenvalue weighted by molar-refractivity contribution is 5.82. The molecule has 0 aromatic rings. The second kappa shape index (κ2) is 6.61. The van der Waals surface area contributed by atoms with Crippen molar-refractivity contribution in [2.75, 3.05) is 0 Å². The Labute approximate surface area is 108 Å². The van der Waals surface area contributed by atoms with Gasteiger partial charge >= 0.3 is 12.0 Å². The van der Waals surface area contributed by atoms with Crippen LogP contribution in [0.4, 0.5) is 4.79 Å². The molecule has 0 spiro atoms. The van der Waals surface area contributed by atoms with Crippen LogP contribution >= 0.6 is 0 Å². The number of carboxylic acid groups (broad SMARTS) is 1. The number of hydrogen-bond donors (Lipinski definition) is 3. The van der Waals surface area contributed by atoms with Crippen LogP contribution in [-0.4, -0.2) is 28.7 Å². The first-order chi connectivity index (χ1) is 8.47. The zero-order valence-corrected chi connectivity index (χ0v) is 11.3. The van der Waals surface area contributed by atoms with Gasteiger partial charge in [-0.15, -0.1) is 0 Å². The standard InChI is InChI=1S/C13H24N2O3/c1-3-7-10(11(16)17)14-12(18)15-13(2)8-5-4-6-9-13/h10H,3-9H2,1-2H3,(H,16,17)(H2,14,15,18). The van der Waals surface area contributed by atoms with E-state index in [1.54, 1.807) is 0 Å². The first kappa shape index (κ1) is 14.8. The summed E-state index contributed by atoms with van der Waals surface area (Å²) in [5.74, 6) is -0.971. The van der Waals surface area contributed by atoms with E-state index in [9.17, 15) is 9.59 Å². The Hall–Kier alpha value is -1.26. The van der Waals surface area contributed by atoms with Gasteiger partial charge in [-0.25, -0.2) is 9.59 Å². The number of carbonyl (C=O) groups is 2. The molecule has 0 bridgehead atoms. The summed E-state index contributed by atoms with van der Waals surface area (Å²) in [5, 5.41) is 14.4. The zero-order chi connectivity index (χ0) is 13.6. The Bertz CT molecular complexity index is 299. The number of rotatable bonds is 5. The summed E-state index contributed by atoms with van der Waals surface area (Å²) in [4.78, 5) is 22.8. The normalized spacial score (nSPS) is 19.9. The van der Waals surface area contributed by atoms with E-state index in [0.29, 0.717) is 6.42 Å². The minimum atomic E-state index is -0.971. The molecular weight excluding hydrogens is 232 g/mol. The largest absolute Gasteiger partial charge is 0.480 e. The van der Waals surface area contributed by atoms with E-state index >= 15 is 0 Å². The Balaban J connectivity index is 2.46. The maximum atomic E-state index is 11.8. The topological polar surface area (TPSA) is 78.4 Å². The van der Waals surface area contributed by atoms with Gasteiger partial charge in [0.1, 0.15) is 6.04 Å². The molecule has 0 aliphatic heterocycles. The van der Waals surface area contributed by atoms with Crippen LogP contribution in [0.15, 0.2) is 0 Å². The molecule has 1 fully saturated rings. The van der Waals surface area contributed by atoms with Gasteiger partial charge in [-0.05, 0) is 26.2 Å². The molecule has 1 saturated carbocycles. The molecule has 0 heterocycles. The summed E-state index contributed by atoms with van der Waals surface area (Å²) in [6.45, 7) is 3.93. The van der Waals surface area contributed by atoms with E-state index in [1.807, 2.05) is 13.8 Å². The number of carboxylic acids is 1. The van der Waals surface area contributed by atoms with Crippen molar-refractivity contribution in [1.82, 2.24) is 10.6 Å². The Morgan fingerprint density at radius 1 is 1.28 bits per heavy atom. The van der Waals surface area contributed by atoms with E-state index in [2.05, 4.69) is 10.6 Å². The summed E-state index contributed by atoms with van der Waals surface area (Å²) in [7, 11) is 0. The van der Waals surface area contributed by atoms with Crippen LogP contribution < -0.4 is 10.6 Å². The fourth-order valence-electron chi connectivity index (χ4n) is 2.47. The van der Waals surface area contributed by atoms with E-state index in [-0.39, 0.29) is 11.6 Å². The summed E-state index contributed by atoms with van der Waals surface area (Å²) in [5.41, 5.74) is -0.183. The van der Waals surface area contributed by atoms with Crippen LogP contribution in [0.25, 0.3) is 0 Å². The van der Waals surface area contributed by atoms with Gasteiger partial charge in [-0.2, -0.15) is 0 Å². The maximum absolute atomic E-state index is 11.8. The quantitative estimate of drug-likeness (QED) is 0.706. The molecule has 1 rings (SSSR count). The lowest BCUT2D eigenvalue weighted by Gasteiger charge is -2.34. The van der Waals surface area contributed by atoms with Crippen LogP contribution in [0, 0.1) is 0 Å². The smallest absolute Gasteiger partial charge is 0.326 e. The van der Waals surface area contributed by atoms with Gasteiger partial charge in [0.2, 0.25) is 0 Å². The van der Waals surface area contributed by atoms with Gasteiger partial charge in [-0.1, -0.05) is 32.6 Å². The van der Waals surface area contributed by atoms with Crippen molar-refractivity contribution in [3.63, 3.8) is 0 Å². The molecule has 1 aliphatic rings. The molecule has 0 aromatic heterocycles. The van der Waals surface area contributed by atoms with E-state index in [4.69, 9.17) is 5.11 Å². The van der Waals surface area contributed by atoms with E-state index in [0.717, 1.165) is 32.1 Å². The number of carbonyl (C=O) groups excluding carboxylic acids is 1. The third-order valence-electron chi connectivity index (χ3n) is 3.55. The van der Waals surface area contributed by atoms with Crippen molar-refractivity contribution in [2.24, 2.45) is 0 Å². The molecule has 1 atom stereocenters. The minimum Gasteiger partial charge on any atom is -0.480 e. The summed E-state index contributed by atoms with van der Waals surface area (Å²) in [6, 6.07) is -1.15. The molecule has 5 nitrogen and oxygen atoms in total. The van der Waals surface area contributed by atoms with Gasteiger partial charge in [-0.3, -0.25) is 0 Å². The molecule has 5 heteroatoms. The lowest BCUT2D eigenvalue weighted by molar-refractivity contribution is -0.139. The average molecular weight is 256 g/mol. The van der Waals surface area contributed by atoms with Gasteiger partial charge in [0, 0.05) is 5.54 Å². The highest BCUT2D eigenvalue weighted by Gasteiger charge is 2.29. The van der Waals surface area contributed by atoms with Crippen molar-refractivity contribution < 1.29 is 14.7 Å². The molecular formula is C13H24N2O3. The molecule has 3 N–H and O–H groups in total. The summed E-state index contributed by atoms with van der Waals surface area (Å²) in [6.07, 6.45) is 6.57. The Morgan fingerprint density at radius 2 is 1.89 bits per heavy atom. The predicted molar refractivity (Wildman–Crippen MR) is 69.5 cm³/mol. The molecule has 0 radical (unpaired) electrons. The zero-order valence-electron chi connectivity index (χ0n) is 11.3. The molecule has 18 heavy (non-hydrogen) atoms. The SMILES string of the molecule is CCCC(NC(=O)NC1(C)CCCCC1)C(=O)O. The monoisotopic (exact) mass is 256 g/mol. The second-order valence-corrected chi connectivity index (χ2v) is 5.40. The Kier molecular flexibility index (Phi) is 5.44. The third kappa shape index (κ3) is 4.55. The van der Waals surface area contributed by atoms with Crippen LogP contribution in [0.1, 0.15) is 58.8 Å². The maximum Gasteiger partial charge on any atom is 0.326 e.